The summed E-state index contributed by atoms with van der Waals surface area (Å²) in [5.74, 6) is -0.197. The van der Waals surface area contributed by atoms with Gasteiger partial charge in [0.1, 0.15) is 0 Å². The van der Waals surface area contributed by atoms with Crippen LogP contribution in [0.25, 0.3) is 0 Å². The van der Waals surface area contributed by atoms with Crippen LogP contribution >= 0.6 is 0 Å². The van der Waals surface area contributed by atoms with Crippen LogP contribution in [0.1, 0.15) is 25.7 Å². The zero-order chi connectivity index (χ0) is 11.3. The van der Waals surface area contributed by atoms with Gasteiger partial charge in [-0.05, 0) is 18.8 Å². The quantitative estimate of drug-likeness (QED) is 0.469. The maximum Gasteiger partial charge on any atom is 0.235 e. The molecule has 0 aliphatic heterocycles. The Balaban J connectivity index is 2.32. The van der Waals surface area contributed by atoms with Gasteiger partial charge in [-0.1, -0.05) is 12.8 Å². The van der Waals surface area contributed by atoms with Crippen molar-refractivity contribution in [3.05, 3.63) is 0 Å². The summed E-state index contributed by atoms with van der Waals surface area (Å²) in [5.41, 5.74) is 10.6. The highest BCUT2D eigenvalue weighted by molar-refractivity contribution is 5.79. The first-order chi connectivity index (χ1) is 7.15. The molecular formula is C10H21N3O2. The summed E-state index contributed by atoms with van der Waals surface area (Å²) in [5, 5.41) is 12.4. The fourth-order valence-corrected chi connectivity index (χ4v) is 2.07. The van der Waals surface area contributed by atoms with Crippen LogP contribution in [-0.4, -0.2) is 36.2 Å². The molecule has 1 aliphatic carbocycles. The number of carbonyl (C=O) groups is 1. The van der Waals surface area contributed by atoms with Crippen molar-refractivity contribution in [3.8, 4) is 0 Å². The molecule has 1 amide bonds. The number of aliphatic hydroxyl groups is 1. The Labute approximate surface area is 90.2 Å². The summed E-state index contributed by atoms with van der Waals surface area (Å²) in [6.07, 6.45) is 4.42. The minimum absolute atomic E-state index is 0.198. The highest BCUT2D eigenvalue weighted by Gasteiger charge is 2.24. The number of hydrogen-bond acceptors (Lipinski definition) is 4. The van der Waals surface area contributed by atoms with Crippen molar-refractivity contribution < 1.29 is 9.90 Å². The maximum absolute atomic E-state index is 10.7. The van der Waals surface area contributed by atoms with E-state index >= 15 is 0 Å². The monoisotopic (exact) mass is 215 g/mol. The van der Waals surface area contributed by atoms with Crippen molar-refractivity contribution in [2.75, 3.05) is 13.2 Å². The number of nitrogens with two attached hydrogens (primary N) is 2. The fourth-order valence-electron chi connectivity index (χ4n) is 2.07. The molecule has 1 aliphatic rings. The third-order valence-electron chi connectivity index (χ3n) is 3.11. The minimum atomic E-state index is -0.633. The summed E-state index contributed by atoms with van der Waals surface area (Å²) in [4.78, 5) is 10.7. The summed E-state index contributed by atoms with van der Waals surface area (Å²) in [6.45, 7) is 0.597. The number of rotatable bonds is 5. The van der Waals surface area contributed by atoms with E-state index in [1.807, 2.05) is 0 Å². The first-order valence-corrected chi connectivity index (χ1v) is 5.54. The zero-order valence-electron chi connectivity index (χ0n) is 8.98. The Morgan fingerprint density at radius 2 is 2.13 bits per heavy atom. The fraction of sp³-hybridized carbons (Fsp3) is 0.900. The molecule has 0 aromatic carbocycles. The summed E-state index contributed by atoms with van der Waals surface area (Å²) < 4.78 is 0. The van der Waals surface area contributed by atoms with E-state index in [9.17, 15) is 9.90 Å². The van der Waals surface area contributed by atoms with Gasteiger partial charge in [0.15, 0.2) is 0 Å². The molecule has 5 nitrogen and oxygen atoms in total. The van der Waals surface area contributed by atoms with Gasteiger partial charge in [0.2, 0.25) is 5.91 Å². The summed E-state index contributed by atoms with van der Waals surface area (Å²) in [7, 11) is 0. The average molecular weight is 215 g/mol. The number of primary amides is 1. The normalized spacial score (nSPS) is 28.7. The van der Waals surface area contributed by atoms with Crippen molar-refractivity contribution in [2.45, 2.75) is 37.8 Å². The predicted molar refractivity (Wildman–Crippen MR) is 58.0 cm³/mol. The second-order valence-electron chi connectivity index (χ2n) is 4.25. The second kappa shape index (κ2) is 6.05. The molecule has 5 heteroatoms. The molecule has 6 N–H and O–H groups in total. The molecule has 3 atom stereocenters. The topological polar surface area (TPSA) is 101 Å². The lowest BCUT2D eigenvalue weighted by Crippen LogP contribution is -2.49. The number of hydrogen-bond donors (Lipinski definition) is 4. The molecule has 15 heavy (non-hydrogen) atoms. The average Bonchev–Trinajstić information content (AvgIpc) is 2.26. The van der Waals surface area contributed by atoms with Gasteiger partial charge in [0, 0.05) is 19.2 Å². The van der Waals surface area contributed by atoms with Gasteiger partial charge in [-0.3, -0.25) is 4.79 Å². The van der Waals surface area contributed by atoms with E-state index in [0.717, 1.165) is 12.8 Å². The Hall–Kier alpha value is -0.650. The molecule has 1 fully saturated rings. The van der Waals surface area contributed by atoms with E-state index in [2.05, 4.69) is 5.32 Å². The molecule has 0 radical (unpaired) electrons. The smallest absolute Gasteiger partial charge is 0.235 e. The third-order valence-corrected chi connectivity index (χ3v) is 3.11. The van der Waals surface area contributed by atoms with E-state index in [0.29, 0.717) is 12.5 Å². The summed E-state index contributed by atoms with van der Waals surface area (Å²) >= 11 is 0. The Kier molecular flexibility index (Phi) is 5.01. The largest absolute Gasteiger partial charge is 0.396 e. The predicted octanol–water partition coefficient (Wildman–Crippen LogP) is -1.06. The van der Waals surface area contributed by atoms with E-state index < -0.39 is 11.9 Å². The molecule has 1 rings (SSSR count). The molecule has 0 aromatic heterocycles. The van der Waals surface area contributed by atoms with E-state index in [-0.39, 0.29) is 12.6 Å². The highest BCUT2D eigenvalue weighted by atomic mass is 16.3. The van der Waals surface area contributed by atoms with Crippen LogP contribution in [0.15, 0.2) is 0 Å². The first-order valence-electron chi connectivity index (χ1n) is 5.54. The Bertz CT molecular complexity index is 211. The van der Waals surface area contributed by atoms with Crippen LogP contribution in [0.3, 0.4) is 0 Å². The molecule has 0 heterocycles. The van der Waals surface area contributed by atoms with Crippen molar-refractivity contribution in [3.63, 3.8) is 0 Å². The molecule has 1 saturated carbocycles. The van der Waals surface area contributed by atoms with Gasteiger partial charge in [-0.25, -0.2) is 0 Å². The van der Waals surface area contributed by atoms with Gasteiger partial charge >= 0.3 is 0 Å². The van der Waals surface area contributed by atoms with Crippen LogP contribution < -0.4 is 16.8 Å². The van der Waals surface area contributed by atoms with Crippen LogP contribution in [0.4, 0.5) is 0 Å². The first kappa shape index (κ1) is 12.4. The van der Waals surface area contributed by atoms with E-state index in [1.165, 1.54) is 12.8 Å². The van der Waals surface area contributed by atoms with Crippen molar-refractivity contribution in [1.82, 2.24) is 5.32 Å². The Morgan fingerprint density at radius 3 is 2.73 bits per heavy atom. The number of nitrogens with one attached hydrogen (secondary N) is 1. The molecule has 0 bridgehead atoms. The molecule has 0 spiro atoms. The Morgan fingerprint density at radius 1 is 1.47 bits per heavy atom. The SMILES string of the molecule is NC(=O)C(N)CNC1CCCCC1CO. The van der Waals surface area contributed by atoms with Crippen LogP contribution in [0.2, 0.25) is 0 Å². The number of carbonyl (C=O) groups excluding carboxylic acids is 1. The molecule has 0 aromatic rings. The van der Waals surface area contributed by atoms with E-state index in [1.54, 1.807) is 0 Å². The lowest BCUT2D eigenvalue weighted by Gasteiger charge is -2.31. The van der Waals surface area contributed by atoms with Crippen molar-refractivity contribution in [2.24, 2.45) is 17.4 Å². The van der Waals surface area contributed by atoms with Crippen molar-refractivity contribution >= 4 is 5.91 Å². The van der Waals surface area contributed by atoms with Gasteiger partial charge in [-0.2, -0.15) is 0 Å². The number of amides is 1. The minimum Gasteiger partial charge on any atom is -0.396 e. The molecule has 3 unspecified atom stereocenters. The third kappa shape index (κ3) is 3.77. The molecule has 88 valence electrons. The molecule has 0 saturated heterocycles. The highest BCUT2D eigenvalue weighted by Crippen LogP contribution is 2.23. The standard InChI is InChI=1S/C10H21N3O2/c11-8(10(12)15)5-13-9-4-2-1-3-7(9)6-14/h7-9,13-14H,1-6,11H2,(H2,12,15). The van der Waals surface area contributed by atoms with Gasteiger partial charge < -0.3 is 21.9 Å². The van der Waals surface area contributed by atoms with E-state index in [4.69, 9.17) is 11.5 Å². The summed E-state index contributed by atoms with van der Waals surface area (Å²) in [6, 6.07) is -0.361. The zero-order valence-corrected chi connectivity index (χ0v) is 8.98. The van der Waals surface area contributed by atoms with Gasteiger partial charge in [-0.15, -0.1) is 0 Å². The molecular weight excluding hydrogens is 194 g/mol. The van der Waals surface area contributed by atoms with Gasteiger partial charge in [0.25, 0.3) is 0 Å². The van der Waals surface area contributed by atoms with Gasteiger partial charge in [0.05, 0.1) is 6.04 Å². The lowest BCUT2D eigenvalue weighted by molar-refractivity contribution is -0.119. The second-order valence-corrected chi connectivity index (χ2v) is 4.25. The van der Waals surface area contributed by atoms with Crippen molar-refractivity contribution in [1.29, 1.82) is 0 Å². The van der Waals surface area contributed by atoms with Crippen LogP contribution in [0.5, 0.6) is 0 Å². The van der Waals surface area contributed by atoms with Crippen LogP contribution in [0, 0.1) is 5.92 Å². The van der Waals surface area contributed by atoms with Crippen LogP contribution in [-0.2, 0) is 4.79 Å². The maximum atomic E-state index is 10.7. The number of aliphatic hydroxyl groups excluding tert-OH is 1. The lowest BCUT2D eigenvalue weighted by atomic mass is 9.85.